The highest BCUT2D eigenvalue weighted by Crippen LogP contribution is 2.30. The van der Waals surface area contributed by atoms with Gasteiger partial charge in [-0.25, -0.2) is 13.2 Å². The average molecular weight is 311 g/mol. The number of benzene rings is 1. The summed E-state index contributed by atoms with van der Waals surface area (Å²) in [6, 6.07) is 4.29. The predicted octanol–water partition coefficient (Wildman–Crippen LogP) is 2.65. The zero-order chi connectivity index (χ0) is 15.6. The number of aryl methyl sites for hydroxylation is 1. The van der Waals surface area contributed by atoms with E-state index in [2.05, 4.69) is 0 Å². The summed E-state index contributed by atoms with van der Waals surface area (Å²) >= 11 is 0. The van der Waals surface area contributed by atoms with Crippen molar-refractivity contribution >= 4 is 16.0 Å². The smallest absolute Gasteiger partial charge is 0.335 e. The minimum atomic E-state index is -3.65. The average Bonchev–Trinajstić information content (AvgIpc) is 2.93. The number of rotatable bonds is 5. The first-order valence-corrected chi connectivity index (χ1v) is 8.67. The molecule has 2 rings (SSSR count). The summed E-state index contributed by atoms with van der Waals surface area (Å²) in [5.41, 5.74) is 0.582. The predicted molar refractivity (Wildman–Crippen MR) is 80.0 cm³/mol. The molecule has 5 nitrogen and oxygen atoms in total. The molecule has 0 aromatic heterocycles. The molecule has 0 radical (unpaired) electrons. The van der Waals surface area contributed by atoms with Crippen molar-refractivity contribution in [1.82, 2.24) is 4.31 Å². The quantitative estimate of drug-likeness (QED) is 0.907. The van der Waals surface area contributed by atoms with E-state index in [0.29, 0.717) is 12.1 Å². The van der Waals surface area contributed by atoms with Crippen LogP contribution >= 0.6 is 0 Å². The summed E-state index contributed by atoms with van der Waals surface area (Å²) in [5.74, 6) is -1.12. The van der Waals surface area contributed by atoms with Crippen LogP contribution in [0.1, 0.15) is 48.5 Å². The largest absolute Gasteiger partial charge is 0.478 e. The number of carboxylic acids is 1. The number of hydrogen-bond acceptors (Lipinski definition) is 3. The van der Waals surface area contributed by atoms with Gasteiger partial charge < -0.3 is 5.11 Å². The Bertz CT molecular complexity index is 633. The van der Waals surface area contributed by atoms with Crippen molar-refractivity contribution in [3.8, 4) is 0 Å². The molecule has 116 valence electrons. The lowest BCUT2D eigenvalue weighted by molar-refractivity contribution is 0.0696. The lowest BCUT2D eigenvalue weighted by Crippen LogP contribution is -2.38. The van der Waals surface area contributed by atoms with Crippen molar-refractivity contribution in [1.29, 1.82) is 0 Å². The second kappa shape index (κ2) is 6.15. The Labute approximate surface area is 125 Å². The van der Waals surface area contributed by atoms with Gasteiger partial charge in [-0.15, -0.1) is 0 Å². The first-order chi connectivity index (χ1) is 9.87. The maximum Gasteiger partial charge on any atom is 0.335 e. The van der Waals surface area contributed by atoms with Gasteiger partial charge in [0.1, 0.15) is 0 Å². The minimum absolute atomic E-state index is 0.00153. The molecular formula is C15H21NO4S. The van der Waals surface area contributed by atoms with Gasteiger partial charge in [-0.1, -0.05) is 25.8 Å². The number of carbonyl (C=O) groups is 1. The zero-order valence-electron chi connectivity index (χ0n) is 12.4. The van der Waals surface area contributed by atoms with E-state index >= 15 is 0 Å². The van der Waals surface area contributed by atoms with E-state index in [-0.39, 0.29) is 16.5 Å². The van der Waals surface area contributed by atoms with E-state index in [1.807, 2.05) is 6.92 Å². The fourth-order valence-corrected chi connectivity index (χ4v) is 4.90. The van der Waals surface area contributed by atoms with Crippen molar-refractivity contribution in [3.05, 3.63) is 29.3 Å². The minimum Gasteiger partial charge on any atom is -0.478 e. The lowest BCUT2D eigenvalue weighted by Gasteiger charge is -2.27. The summed E-state index contributed by atoms with van der Waals surface area (Å²) in [7, 11) is -3.65. The van der Waals surface area contributed by atoms with Crippen LogP contribution in [0, 0.1) is 6.92 Å². The van der Waals surface area contributed by atoms with Gasteiger partial charge in [0.2, 0.25) is 10.0 Å². The Morgan fingerprint density at radius 3 is 2.48 bits per heavy atom. The van der Waals surface area contributed by atoms with Crippen LogP contribution in [0.15, 0.2) is 23.1 Å². The number of sulfonamides is 1. The molecule has 1 aliphatic carbocycles. The molecule has 0 atom stereocenters. The molecule has 1 fully saturated rings. The second-order valence-corrected chi connectivity index (χ2v) is 7.29. The van der Waals surface area contributed by atoms with Crippen LogP contribution in [-0.2, 0) is 10.0 Å². The summed E-state index contributed by atoms with van der Waals surface area (Å²) in [5, 5.41) is 9.06. The highest BCUT2D eigenvalue weighted by molar-refractivity contribution is 7.89. The summed E-state index contributed by atoms with van der Waals surface area (Å²) in [6.07, 6.45) is 3.85. The van der Waals surface area contributed by atoms with Crippen LogP contribution < -0.4 is 0 Å². The Kier molecular flexibility index (Phi) is 4.68. The van der Waals surface area contributed by atoms with Gasteiger partial charge in [0.05, 0.1) is 10.5 Å². The summed E-state index contributed by atoms with van der Waals surface area (Å²) < 4.78 is 27.3. The zero-order valence-corrected chi connectivity index (χ0v) is 13.2. The van der Waals surface area contributed by atoms with E-state index in [0.717, 1.165) is 25.7 Å². The van der Waals surface area contributed by atoms with Crippen LogP contribution in [0.2, 0.25) is 0 Å². The lowest BCUT2D eigenvalue weighted by atomic mass is 10.1. The molecule has 0 amide bonds. The summed E-state index contributed by atoms with van der Waals surface area (Å²) in [4.78, 5) is 11.2. The monoisotopic (exact) mass is 311 g/mol. The molecule has 0 heterocycles. The van der Waals surface area contributed by atoms with Gasteiger partial charge >= 0.3 is 5.97 Å². The van der Waals surface area contributed by atoms with E-state index in [1.54, 1.807) is 13.0 Å². The number of aromatic carboxylic acids is 1. The number of carboxylic acid groups (broad SMARTS) is 1. The first kappa shape index (κ1) is 16.0. The molecule has 1 aromatic carbocycles. The Morgan fingerprint density at radius 2 is 1.95 bits per heavy atom. The molecule has 1 saturated carbocycles. The molecule has 0 aliphatic heterocycles. The van der Waals surface area contributed by atoms with E-state index < -0.39 is 16.0 Å². The van der Waals surface area contributed by atoms with Crippen LogP contribution in [0.3, 0.4) is 0 Å². The highest BCUT2D eigenvalue weighted by Gasteiger charge is 2.33. The molecule has 0 unspecified atom stereocenters. The highest BCUT2D eigenvalue weighted by atomic mass is 32.2. The van der Waals surface area contributed by atoms with Gasteiger partial charge in [-0.2, -0.15) is 4.31 Å². The molecule has 0 bridgehead atoms. The van der Waals surface area contributed by atoms with Gasteiger partial charge in [-0.05, 0) is 37.5 Å². The van der Waals surface area contributed by atoms with E-state index in [4.69, 9.17) is 5.11 Å². The molecule has 21 heavy (non-hydrogen) atoms. The standard InChI is InChI=1S/C15H21NO4S/c1-3-16(13-6-4-5-7-13)21(19,20)14-10-12(15(17)18)9-8-11(14)2/h8-10,13H,3-7H2,1-2H3,(H,17,18). The van der Waals surface area contributed by atoms with Crippen molar-refractivity contribution in [2.75, 3.05) is 6.54 Å². The van der Waals surface area contributed by atoms with Crippen molar-refractivity contribution < 1.29 is 18.3 Å². The maximum absolute atomic E-state index is 12.9. The first-order valence-electron chi connectivity index (χ1n) is 7.23. The topological polar surface area (TPSA) is 74.7 Å². The van der Waals surface area contributed by atoms with E-state index in [9.17, 15) is 13.2 Å². The third-order valence-corrected chi connectivity index (χ3v) is 6.23. The fraction of sp³-hybridized carbons (Fsp3) is 0.533. The van der Waals surface area contributed by atoms with Crippen molar-refractivity contribution in [3.63, 3.8) is 0 Å². The summed E-state index contributed by atoms with van der Waals surface area (Å²) in [6.45, 7) is 3.93. The molecule has 0 saturated heterocycles. The van der Waals surface area contributed by atoms with Gasteiger partial charge in [-0.3, -0.25) is 0 Å². The van der Waals surface area contributed by atoms with Crippen LogP contribution in [0.25, 0.3) is 0 Å². The molecule has 6 heteroatoms. The Hall–Kier alpha value is -1.40. The molecular weight excluding hydrogens is 290 g/mol. The normalized spacial score (nSPS) is 16.5. The Morgan fingerprint density at radius 1 is 1.33 bits per heavy atom. The fourth-order valence-electron chi connectivity index (χ4n) is 2.95. The van der Waals surface area contributed by atoms with Gasteiger partial charge in [0, 0.05) is 12.6 Å². The molecule has 1 aromatic rings. The SMILES string of the molecule is CCN(C1CCCC1)S(=O)(=O)c1cc(C(=O)O)ccc1C. The second-order valence-electron chi connectivity index (χ2n) is 5.43. The van der Waals surface area contributed by atoms with Crippen LogP contribution in [0.4, 0.5) is 0 Å². The maximum atomic E-state index is 12.9. The van der Waals surface area contributed by atoms with Gasteiger partial charge in [0.25, 0.3) is 0 Å². The molecule has 1 aliphatic rings. The molecule has 1 N–H and O–H groups in total. The van der Waals surface area contributed by atoms with E-state index in [1.165, 1.54) is 16.4 Å². The molecule has 0 spiro atoms. The number of nitrogens with zero attached hydrogens (tertiary/aromatic N) is 1. The van der Waals surface area contributed by atoms with Crippen molar-refractivity contribution in [2.45, 2.75) is 50.5 Å². The third-order valence-electron chi connectivity index (χ3n) is 4.07. The van der Waals surface area contributed by atoms with Crippen molar-refractivity contribution in [2.24, 2.45) is 0 Å². The van der Waals surface area contributed by atoms with Gasteiger partial charge in [0.15, 0.2) is 0 Å². The Balaban J connectivity index is 2.46. The number of hydrogen-bond donors (Lipinski definition) is 1. The van der Waals surface area contributed by atoms with Crippen LogP contribution in [-0.4, -0.2) is 36.4 Å². The third kappa shape index (κ3) is 3.11. The van der Waals surface area contributed by atoms with Crippen LogP contribution in [0.5, 0.6) is 0 Å².